The monoisotopic (exact) mass is 665 g/mol. The number of aromatic amines is 1. The molecule has 0 saturated carbocycles. The number of carboxylic acid groups (broad SMARTS) is 2. The van der Waals surface area contributed by atoms with Crippen LogP contribution in [0.5, 0.6) is 0 Å². The van der Waals surface area contributed by atoms with E-state index in [2.05, 4.69) is 15.3 Å². The Hall–Kier alpha value is -4.64. The molecule has 6 N–H and O–H groups in total. The van der Waals surface area contributed by atoms with Crippen LogP contribution >= 0.6 is 11.6 Å². The number of nitrogens with two attached hydrogens (primary N) is 1. The highest BCUT2D eigenvalue weighted by atomic mass is 35.5. The molecule has 0 unspecified atom stereocenters. The first-order valence-electron chi connectivity index (χ1n) is 12.7. The molecule has 1 aliphatic heterocycles. The van der Waals surface area contributed by atoms with Crippen LogP contribution in [0.25, 0.3) is 11.1 Å². The number of hydrogen-bond donors (Lipinski definition) is 5. The van der Waals surface area contributed by atoms with E-state index in [-0.39, 0.29) is 11.8 Å². The van der Waals surface area contributed by atoms with Gasteiger partial charge in [0, 0.05) is 54.4 Å². The van der Waals surface area contributed by atoms with E-state index in [0.717, 1.165) is 28.7 Å². The number of nitrogens with one attached hydrogen (secondary N) is 2. The highest BCUT2D eigenvalue weighted by Gasteiger charge is 2.39. The molecule has 2 amide bonds. The van der Waals surface area contributed by atoms with E-state index in [1.54, 1.807) is 41.7 Å². The second kappa shape index (κ2) is 15.9. The van der Waals surface area contributed by atoms with Gasteiger partial charge in [-0.3, -0.25) is 14.6 Å². The number of alkyl halides is 6. The van der Waals surface area contributed by atoms with E-state index in [0.29, 0.717) is 36.8 Å². The maximum atomic E-state index is 13.1. The second-order valence-corrected chi connectivity index (χ2v) is 9.58. The van der Waals surface area contributed by atoms with Gasteiger partial charge >= 0.3 is 24.3 Å². The number of carboxylic acids is 2. The van der Waals surface area contributed by atoms with Gasteiger partial charge in [-0.25, -0.2) is 9.59 Å². The summed E-state index contributed by atoms with van der Waals surface area (Å²) in [7, 11) is 0. The van der Waals surface area contributed by atoms with Gasteiger partial charge in [0.25, 0.3) is 5.91 Å². The summed E-state index contributed by atoms with van der Waals surface area (Å²) in [4.78, 5) is 52.6. The molecule has 1 aromatic carbocycles. The van der Waals surface area contributed by atoms with Crippen LogP contribution in [0.4, 0.5) is 26.3 Å². The van der Waals surface area contributed by atoms with Crippen LogP contribution in [0.1, 0.15) is 34.5 Å². The lowest BCUT2D eigenvalue weighted by atomic mass is 10.1. The maximum absolute atomic E-state index is 13.1. The average Bonchev–Trinajstić information content (AvgIpc) is 3.67. The van der Waals surface area contributed by atoms with Crippen LogP contribution in [0.2, 0.25) is 5.02 Å². The van der Waals surface area contributed by atoms with Crippen LogP contribution in [0, 0.1) is 0 Å². The molecular weight excluding hydrogens is 640 g/mol. The van der Waals surface area contributed by atoms with E-state index in [9.17, 15) is 35.9 Å². The zero-order valence-electron chi connectivity index (χ0n) is 23.0. The highest BCUT2D eigenvalue weighted by Crippen LogP contribution is 2.24. The Morgan fingerprint density at radius 1 is 1.00 bits per heavy atom. The van der Waals surface area contributed by atoms with Crippen molar-refractivity contribution < 1.29 is 55.7 Å². The molecule has 3 heterocycles. The Bertz CT molecular complexity index is 1460. The minimum absolute atomic E-state index is 0.173. The molecule has 1 aliphatic rings. The molecule has 1 saturated heterocycles. The Morgan fingerprint density at radius 3 is 2.16 bits per heavy atom. The van der Waals surface area contributed by atoms with Gasteiger partial charge in [0.1, 0.15) is 11.7 Å². The number of benzene rings is 1. The zero-order valence-corrected chi connectivity index (χ0v) is 23.7. The Labute approximate surface area is 256 Å². The Balaban J connectivity index is 0.000000421. The molecule has 11 nitrogen and oxygen atoms in total. The van der Waals surface area contributed by atoms with Gasteiger partial charge in [-0.1, -0.05) is 23.7 Å². The topological polar surface area (TPSA) is 179 Å². The molecular formula is C27H26ClF6N5O6. The summed E-state index contributed by atoms with van der Waals surface area (Å²) < 4.78 is 63.5. The molecule has 0 bridgehead atoms. The van der Waals surface area contributed by atoms with Crippen LogP contribution in [0.15, 0.2) is 55.0 Å². The number of pyridine rings is 1. The molecule has 1 atom stereocenters. The van der Waals surface area contributed by atoms with E-state index < -0.39 is 30.3 Å². The van der Waals surface area contributed by atoms with E-state index in [4.69, 9.17) is 37.1 Å². The lowest BCUT2D eigenvalue weighted by Crippen LogP contribution is -2.45. The predicted octanol–water partition coefficient (Wildman–Crippen LogP) is 4.38. The summed E-state index contributed by atoms with van der Waals surface area (Å²) in [5.74, 6) is -5.87. The van der Waals surface area contributed by atoms with E-state index >= 15 is 0 Å². The predicted molar refractivity (Wildman–Crippen MR) is 147 cm³/mol. The van der Waals surface area contributed by atoms with E-state index in [1.165, 1.54) is 0 Å². The van der Waals surface area contributed by atoms with Gasteiger partial charge < -0.3 is 31.1 Å². The molecule has 1 fully saturated rings. The number of halogens is 7. The number of rotatable bonds is 6. The first-order valence-corrected chi connectivity index (χ1v) is 13.1. The Morgan fingerprint density at radius 2 is 1.62 bits per heavy atom. The third kappa shape index (κ3) is 11.1. The molecule has 0 radical (unpaired) electrons. The summed E-state index contributed by atoms with van der Waals surface area (Å²) in [6, 6.07) is 10.5. The second-order valence-electron chi connectivity index (χ2n) is 9.14. The molecule has 2 aromatic heterocycles. The molecule has 45 heavy (non-hydrogen) atoms. The third-order valence-corrected chi connectivity index (χ3v) is 6.29. The highest BCUT2D eigenvalue weighted by molar-refractivity contribution is 6.30. The van der Waals surface area contributed by atoms with Crippen molar-refractivity contribution in [1.29, 1.82) is 0 Å². The normalized spacial score (nSPS) is 14.4. The quantitative estimate of drug-likeness (QED) is 0.241. The largest absolute Gasteiger partial charge is 0.490 e. The number of carbonyl (C=O) groups excluding carboxylic acids is 2. The van der Waals surface area contributed by atoms with Crippen LogP contribution in [-0.4, -0.2) is 73.8 Å². The number of amides is 2. The SMILES string of the molecule is NCc1ccc(Cl)cc1CNC(=O)[C@@H]1CCCN1C(=O)c1cc(-c2cccnc2)c[nH]1.O=C(O)C(F)(F)F.O=C(O)C(F)(F)F. The lowest BCUT2D eigenvalue weighted by Gasteiger charge is -2.23. The molecule has 244 valence electrons. The fraction of sp³-hybridized carbons (Fsp3) is 0.296. The smallest absolute Gasteiger partial charge is 0.475 e. The first-order chi connectivity index (χ1) is 20.9. The van der Waals surface area contributed by atoms with Crippen molar-refractivity contribution in [3.8, 4) is 11.1 Å². The number of likely N-dealkylation sites (tertiary alicyclic amines) is 1. The summed E-state index contributed by atoms with van der Waals surface area (Å²) in [5.41, 5.74) is 9.85. The molecule has 0 spiro atoms. The summed E-state index contributed by atoms with van der Waals surface area (Å²) in [6.45, 7) is 1.23. The minimum atomic E-state index is -5.08. The van der Waals surface area contributed by atoms with Crippen molar-refractivity contribution in [1.82, 2.24) is 20.2 Å². The van der Waals surface area contributed by atoms with Gasteiger partial charge in [0.05, 0.1) is 0 Å². The van der Waals surface area contributed by atoms with Gasteiger partial charge in [-0.05, 0) is 48.2 Å². The third-order valence-electron chi connectivity index (χ3n) is 6.05. The van der Waals surface area contributed by atoms with Gasteiger partial charge in [0.2, 0.25) is 5.91 Å². The number of H-pyrrole nitrogens is 1. The standard InChI is InChI=1S/C23H24ClN5O2.2C2HF3O2/c24-19-6-5-15(11-25)17(9-19)14-28-22(30)21-4-2-8-29(21)23(31)20-10-18(13-27-20)16-3-1-7-26-12-16;2*3-2(4,5)1(6)7/h1,3,5-7,9-10,12-13,21,27H,2,4,8,11,14,25H2,(H,28,30);2*(H,6,7)/t21-;;/m0../s1. The van der Waals surface area contributed by atoms with Crippen molar-refractivity contribution in [3.05, 3.63) is 76.8 Å². The minimum Gasteiger partial charge on any atom is -0.475 e. The fourth-order valence-electron chi connectivity index (χ4n) is 3.91. The molecule has 0 aliphatic carbocycles. The van der Waals surface area contributed by atoms with Crippen molar-refractivity contribution in [2.45, 2.75) is 44.3 Å². The number of aromatic nitrogens is 2. The van der Waals surface area contributed by atoms with Gasteiger partial charge in [-0.2, -0.15) is 26.3 Å². The van der Waals surface area contributed by atoms with Gasteiger partial charge in [0.15, 0.2) is 0 Å². The van der Waals surface area contributed by atoms with Crippen LogP contribution in [0.3, 0.4) is 0 Å². The van der Waals surface area contributed by atoms with Gasteiger partial charge in [-0.15, -0.1) is 0 Å². The summed E-state index contributed by atoms with van der Waals surface area (Å²) in [6.07, 6.45) is -3.52. The van der Waals surface area contributed by atoms with E-state index in [1.807, 2.05) is 18.2 Å². The van der Waals surface area contributed by atoms with Crippen LogP contribution in [-0.2, 0) is 27.5 Å². The number of carbonyl (C=O) groups is 4. The molecule has 3 aromatic rings. The first kappa shape index (κ1) is 36.6. The fourth-order valence-corrected chi connectivity index (χ4v) is 4.11. The number of aliphatic carboxylic acids is 2. The number of nitrogens with zero attached hydrogens (tertiary/aromatic N) is 2. The average molecular weight is 666 g/mol. The Kier molecular flexibility index (Phi) is 12.9. The summed E-state index contributed by atoms with van der Waals surface area (Å²) in [5, 5.41) is 17.8. The van der Waals surface area contributed by atoms with Crippen molar-refractivity contribution >= 4 is 35.4 Å². The summed E-state index contributed by atoms with van der Waals surface area (Å²) >= 11 is 6.08. The van der Waals surface area contributed by atoms with Crippen molar-refractivity contribution in [3.63, 3.8) is 0 Å². The lowest BCUT2D eigenvalue weighted by molar-refractivity contribution is -0.193. The maximum Gasteiger partial charge on any atom is 0.490 e. The molecule has 4 rings (SSSR count). The molecule has 18 heteroatoms. The van der Waals surface area contributed by atoms with Crippen molar-refractivity contribution in [2.24, 2.45) is 5.73 Å². The zero-order chi connectivity index (χ0) is 33.9. The van der Waals surface area contributed by atoms with Crippen molar-refractivity contribution in [2.75, 3.05) is 6.54 Å². The number of hydrogen-bond acceptors (Lipinski definition) is 6. The van der Waals surface area contributed by atoms with Crippen LogP contribution < -0.4 is 11.1 Å².